The lowest BCUT2D eigenvalue weighted by molar-refractivity contribution is 0.0956. The van der Waals surface area contributed by atoms with E-state index in [0.717, 1.165) is 23.8 Å². The van der Waals surface area contributed by atoms with Crippen LogP contribution in [0.5, 0.6) is 0 Å². The van der Waals surface area contributed by atoms with E-state index >= 15 is 0 Å². The summed E-state index contributed by atoms with van der Waals surface area (Å²) in [5.74, 6) is 1.80. The Bertz CT molecular complexity index is 465. The van der Waals surface area contributed by atoms with Crippen molar-refractivity contribution < 1.29 is 4.79 Å². The van der Waals surface area contributed by atoms with E-state index in [2.05, 4.69) is 27.2 Å². The van der Waals surface area contributed by atoms with Gasteiger partial charge in [-0.2, -0.15) is 11.8 Å². The third-order valence-electron chi connectivity index (χ3n) is 2.84. The number of carbonyl (C=O) groups is 1. The number of aliphatic imine (C=N–C) groups is 1. The number of rotatable bonds is 7. The van der Waals surface area contributed by atoms with E-state index in [1.807, 2.05) is 31.2 Å². The van der Waals surface area contributed by atoms with Crippen LogP contribution in [0.15, 0.2) is 29.3 Å². The maximum Gasteiger partial charge on any atom is 0.251 e. The van der Waals surface area contributed by atoms with Crippen LogP contribution in [0.4, 0.5) is 0 Å². The maximum atomic E-state index is 11.7. The monoisotopic (exact) mass is 436 g/mol. The zero-order valence-electron chi connectivity index (χ0n) is 13.3. The summed E-state index contributed by atoms with van der Waals surface area (Å²) < 4.78 is 0. The van der Waals surface area contributed by atoms with Crippen molar-refractivity contribution in [2.45, 2.75) is 13.5 Å². The van der Waals surface area contributed by atoms with Gasteiger partial charge in [0, 0.05) is 38.0 Å². The van der Waals surface area contributed by atoms with E-state index < -0.39 is 0 Å². The third kappa shape index (κ3) is 7.88. The number of hydrogen-bond acceptors (Lipinski definition) is 3. The molecule has 0 aromatic heterocycles. The molecule has 1 aromatic rings. The first-order valence-corrected chi connectivity index (χ1v) is 8.41. The number of halogens is 1. The van der Waals surface area contributed by atoms with Gasteiger partial charge in [0.05, 0.1) is 0 Å². The normalized spacial score (nSPS) is 10.6. The summed E-state index contributed by atoms with van der Waals surface area (Å²) in [4.78, 5) is 15.8. The number of benzene rings is 1. The quantitative estimate of drug-likeness (QED) is 0.265. The number of thioether (sulfide) groups is 1. The molecule has 124 valence electrons. The lowest BCUT2D eigenvalue weighted by Crippen LogP contribution is -2.37. The highest BCUT2D eigenvalue weighted by atomic mass is 127. The number of carbonyl (C=O) groups excluding carboxylic acids is 1. The van der Waals surface area contributed by atoms with Crippen molar-refractivity contribution in [2.75, 3.05) is 32.1 Å². The van der Waals surface area contributed by atoms with Crippen LogP contribution in [0.25, 0.3) is 0 Å². The molecule has 3 N–H and O–H groups in total. The van der Waals surface area contributed by atoms with Crippen LogP contribution < -0.4 is 16.0 Å². The SMILES string of the molecule is CCNC(=O)c1ccc(CNC(=NC)NCCSC)cc1.I. The molecular formula is C15H25IN4OS. The summed E-state index contributed by atoms with van der Waals surface area (Å²) in [6.45, 7) is 4.11. The molecule has 0 unspecified atom stereocenters. The molecule has 0 saturated carbocycles. The Balaban J connectivity index is 0.00000441. The number of amides is 1. The van der Waals surface area contributed by atoms with Gasteiger partial charge in [-0.15, -0.1) is 24.0 Å². The predicted octanol–water partition coefficient (Wildman–Crippen LogP) is 2.08. The molecule has 0 aliphatic heterocycles. The van der Waals surface area contributed by atoms with Crippen LogP contribution in [0.2, 0.25) is 0 Å². The Morgan fingerprint density at radius 2 is 1.86 bits per heavy atom. The highest BCUT2D eigenvalue weighted by Gasteiger charge is 2.03. The number of hydrogen-bond donors (Lipinski definition) is 3. The molecule has 22 heavy (non-hydrogen) atoms. The second-order valence-corrected chi connectivity index (χ2v) is 5.39. The topological polar surface area (TPSA) is 65.5 Å². The maximum absolute atomic E-state index is 11.7. The van der Waals surface area contributed by atoms with Crippen molar-refractivity contribution in [3.05, 3.63) is 35.4 Å². The Morgan fingerprint density at radius 1 is 1.18 bits per heavy atom. The second kappa shape index (κ2) is 12.6. The summed E-state index contributed by atoms with van der Waals surface area (Å²) in [6.07, 6.45) is 2.08. The molecular weight excluding hydrogens is 411 g/mol. The number of nitrogens with one attached hydrogen (secondary N) is 3. The van der Waals surface area contributed by atoms with Gasteiger partial charge in [-0.05, 0) is 30.9 Å². The first kappa shape index (κ1) is 21.0. The Hall–Kier alpha value is -0.960. The van der Waals surface area contributed by atoms with E-state index in [1.165, 1.54) is 0 Å². The summed E-state index contributed by atoms with van der Waals surface area (Å²) in [5.41, 5.74) is 1.79. The molecule has 0 fully saturated rings. The zero-order chi connectivity index (χ0) is 15.5. The van der Waals surface area contributed by atoms with Crippen LogP contribution in [-0.2, 0) is 6.54 Å². The van der Waals surface area contributed by atoms with Gasteiger partial charge in [-0.25, -0.2) is 0 Å². The minimum absolute atomic E-state index is 0. The van der Waals surface area contributed by atoms with E-state index in [9.17, 15) is 4.79 Å². The fourth-order valence-electron chi connectivity index (χ4n) is 1.71. The minimum atomic E-state index is -0.0356. The minimum Gasteiger partial charge on any atom is -0.356 e. The van der Waals surface area contributed by atoms with Gasteiger partial charge in [0.25, 0.3) is 5.91 Å². The van der Waals surface area contributed by atoms with Crippen molar-refractivity contribution >= 4 is 47.6 Å². The highest BCUT2D eigenvalue weighted by Crippen LogP contribution is 2.04. The molecule has 5 nitrogen and oxygen atoms in total. The summed E-state index contributed by atoms with van der Waals surface area (Å²) in [7, 11) is 1.76. The Morgan fingerprint density at radius 3 is 2.41 bits per heavy atom. The molecule has 0 aliphatic rings. The molecule has 1 aromatic carbocycles. The molecule has 0 radical (unpaired) electrons. The largest absolute Gasteiger partial charge is 0.356 e. The fraction of sp³-hybridized carbons (Fsp3) is 0.467. The Labute approximate surface area is 154 Å². The molecule has 0 heterocycles. The zero-order valence-corrected chi connectivity index (χ0v) is 16.5. The average Bonchev–Trinajstić information content (AvgIpc) is 2.51. The van der Waals surface area contributed by atoms with Crippen LogP contribution in [0.1, 0.15) is 22.8 Å². The molecule has 0 saturated heterocycles. The second-order valence-electron chi connectivity index (χ2n) is 4.40. The van der Waals surface area contributed by atoms with Crippen molar-refractivity contribution in [3.63, 3.8) is 0 Å². The smallest absolute Gasteiger partial charge is 0.251 e. The Kier molecular flexibility index (Phi) is 12.0. The molecule has 1 rings (SSSR count). The van der Waals surface area contributed by atoms with Crippen molar-refractivity contribution in [2.24, 2.45) is 4.99 Å². The number of guanidine groups is 1. The highest BCUT2D eigenvalue weighted by molar-refractivity contribution is 14.0. The summed E-state index contributed by atoms with van der Waals surface area (Å²) in [6, 6.07) is 7.58. The molecule has 0 spiro atoms. The van der Waals surface area contributed by atoms with Gasteiger partial charge in [-0.1, -0.05) is 12.1 Å². The van der Waals surface area contributed by atoms with Crippen molar-refractivity contribution in [1.29, 1.82) is 0 Å². The van der Waals surface area contributed by atoms with Gasteiger partial charge < -0.3 is 16.0 Å². The van der Waals surface area contributed by atoms with Crippen LogP contribution >= 0.6 is 35.7 Å². The number of nitrogens with zero attached hydrogens (tertiary/aromatic N) is 1. The molecule has 1 amide bonds. The molecule has 0 bridgehead atoms. The van der Waals surface area contributed by atoms with E-state index in [4.69, 9.17) is 0 Å². The van der Waals surface area contributed by atoms with Gasteiger partial charge in [0.15, 0.2) is 5.96 Å². The first-order valence-electron chi connectivity index (χ1n) is 7.01. The average molecular weight is 436 g/mol. The van der Waals surface area contributed by atoms with Crippen LogP contribution in [0.3, 0.4) is 0 Å². The van der Waals surface area contributed by atoms with E-state index in [1.54, 1.807) is 18.8 Å². The fourth-order valence-corrected chi connectivity index (χ4v) is 2.02. The molecule has 0 aliphatic carbocycles. The van der Waals surface area contributed by atoms with Gasteiger partial charge in [0.2, 0.25) is 0 Å². The van der Waals surface area contributed by atoms with E-state index in [0.29, 0.717) is 18.7 Å². The van der Waals surface area contributed by atoms with Gasteiger partial charge in [-0.3, -0.25) is 9.79 Å². The predicted molar refractivity (Wildman–Crippen MR) is 106 cm³/mol. The molecule has 7 heteroatoms. The van der Waals surface area contributed by atoms with Crippen molar-refractivity contribution in [1.82, 2.24) is 16.0 Å². The van der Waals surface area contributed by atoms with Gasteiger partial charge >= 0.3 is 0 Å². The van der Waals surface area contributed by atoms with Crippen molar-refractivity contribution in [3.8, 4) is 0 Å². The van der Waals surface area contributed by atoms with Crippen LogP contribution in [-0.4, -0.2) is 44.0 Å². The standard InChI is InChI=1S/C15H24N4OS.HI/c1-4-17-14(20)13-7-5-12(6-8-13)11-19-15(16-2)18-9-10-21-3;/h5-8H,4,9-11H2,1-3H3,(H,17,20)(H2,16,18,19);1H. The summed E-state index contributed by atoms with van der Waals surface area (Å²) >= 11 is 1.79. The summed E-state index contributed by atoms with van der Waals surface area (Å²) in [5, 5.41) is 9.27. The first-order chi connectivity index (χ1) is 10.2. The van der Waals surface area contributed by atoms with E-state index in [-0.39, 0.29) is 29.9 Å². The van der Waals surface area contributed by atoms with Crippen LogP contribution in [0, 0.1) is 0 Å². The lowest BCUT2D eigenvalue weighted by atomic mass is 10.1. The van der Waals surface area contributed by atoms with Gasteiger partial charge in [0.1, 0.15) is 0 Å². The molecule has 0 atom stereocenters. The lowest BCUT2D eigenvalue weighted by Gasteiger charge is -2.11. The third-order valence-corrected chi connectivity index (χ3v) is 3.45.